The SMILES string of the molecule is CNCC(Cc1ccc(Cl)cc1)Cc1cn2ccsc2n1. The van der Waals surface area contributed by atoms with Crippen molar-refractivity contribution in [1.29, 1.82) is 0 Å². The number of fused-ring (bicyclic) bond motifs is 1. The first-order valence-electron chi connectivity index (χ1n) is 7.04. The van der Waals surface area contributed by atoms with E-state index < -0.39 is 0 Å². The molecule has 0 fully saturated rings. The van der Waals surface area contributed by atoms with Crippen molar-refractivity contribution in [3.05, 3.63) is 58.3 Å². The average Bonchev–Trinajstić information content (AvgIpc) is 3.02. The number of hydrogen-bond acceptors (Lipinski definition) is 3. The van der Waals surface area contributed by atoms with E-state index in [1.165, 1.54) is 5.56 Å². The molecule has 0 amide bonds. The standard InChI is InChI=1S/C16H18ClN3S/c1-18-10-13(8-12-2-4-14(17)5-3-12)9-15-11-20-6-7-21-16(20)19-15/h2-7,11,13,18H,8-10H2,1H3. The molecule has 0 spiro atoms. The van der Waals surface area contributed by atoms with Crippen molar-refractivity contribution in [3.63, 3.8) is 0 Å². The first-order valence-corrected chi connectivity index (χ1v) is 8.30. The van der Waals surface area contributed by atoms with Gasteiger partial charge in [0, 0.05) is 22.8 Å². The molecule has 1 aromatic carbocycles. The van der Waals surface area contributed by atoms with Gasteiger partial charge in [-0.1, -0.05) is 23.7 Å². The Balaban J connectivity index is 1.71. The summed E-state index contributed by atoms with van der Waals surface area (Å²) in [6.07, 6.45) is 6.21. The number of aromatic nitrogens is 2. The van der Waals surface area contributed by atoms with E-state index >= 15 is 0 Å². The van der Waals surface area contributed by atoms with E-state index in [1.54, 1.807) is 11.3 Å². The molecule has 3 rings (SSSR count). The van der Waals surface area contributed by atoms with E-state index in [1.807, 2.05) is 19.2 Å². The summed E-state index contributed by atoms with van der Waals surface area (Å²) in [4.78, 5) is 5.75. The third-order valence-electron chi connectivity index (χ3n) is 3.57. The van der Waals surface area contributed by atoms with Crippen LogP contribution in [0.5, 0.6) is 0 Å². The summed E-state index contributed by atoms with van der Waals surface area (Å²) in [6.45, 7) is 0.980. The molecule has 110 valence electrons. The fraction of sp³-hybridized carbons (Fsp3) is 0.312. The summed E-state index contributed by atoms with van der Waals surface area (Å²) >= 11 is 7.62. The van der Waals surface area contributed by atoms with Crippen LogP contribution in [0.15, 0.2) is 42.0 Å². The van der Waals surface area contributed by atoms with Gasteiger partial charge in [-0.2, -0.15) is 0 Å². The molecule has 0 saturated heterocycles. The number of hydrogen-bond donors (Lipinski definition) is 1. The lowest BCUT2D eigenvalue weighted by Gasteiger charge is -2.15. The molecule has 1 unspecified atom stereocenters. The first-order chi connectivity index (χ1) is 10.2. The number of nitrogens with zero attached hydrogens (tertiary/aromatic N) is 2. The zero-order chi connectivity index (χ0) is 14.7. The molecule has 0 radical (unpaired) electrons. The summed E-state index contributed by atoms with van der Waals surface area (Å²) in [5, 5.41) is 6.14. The maximum atomic E-state index is 5.95. The lowest BCUT2D eigenvalue weighted by Crippen LogP contribution is -2.23. The highest BCUT2D eigenvalue weighted by Gasteiger charge is 2.13. The number of rotatable bonds is 6. The van der Waals surface area contributed by atoms with E-state index in [2.05, 4.69) is 44.6 Å². The number of halogens is 1. The van der Waals surface area contributed by atoms with Gasteiger partial charge in [0.15, 0.2) is 4.96 Å². The van der Waals surface area contributed by atoms with Gasteiger partial charge in [0.05, 0.1) is 5.69 Å². The van der Waals surface area contributed by atoms with E-state index in [0.717, 1.165) is 35.1 Å². The zero-order valence-electron chi connectivity index (χ0n) is 11.9. The Bertz CT molecular complexity index is 673. The molecule has 3 aromatic rings. The highest BCUT2D eigenvalue weighted by molar-refractivity contribution is 7.15. The molecule has 21 heavy (non-hydrogen) atoms. The molecule has 1 atom stereocenters. The number of nitrogens with one attached hydrogen (secondary N) is 1. The first kappa shape index (κ1) is 14.6. The van der Waals surface area contributed by atoms with Crippen LogP contribution >= 0.6 is 22.9 Å². The van der Waals surface area contributed by atoms with Crippen molar-refractivity contribution < 1.29 is 0 Å². The zero-order valence-corrected chi connectivity index (χ0v) is 13.5. The third kappa shape index (κ3) is 3.64. The molecule has 0 aliphatic rings. The van der Waals surface area contributed by atoms with Gasteiger partial charge in [-0.05, 0) is 50.0 Å². The molecule has 1 N–H and O–H groups in total. The van der Waals surface area contributed by atoms with Gasteiger partial charge in [0.1, 0.15) is 0 Å². The Labute approximate surface area is 133 Å². The normalized spacial score (nSPS) is 12.9. The van der Waals surface area contributed by atoms with Crippen LogP contribution in [0.2, 0.25) is 5.02 Å². The summed E-state index contributed by atoms with van der Waals surface area (Å²) in [5.41, 5.74) is 2.48. The largest absolute Gasteiger partial charge is 0.319 e. The van der Waals surface area contributed by atoms with E-state index in [4.69, 9.17) is 11.6 Å². The van der Waals surface area contributed by atoms with Crippen LogP contribution in [0.3, 0.4) is 0 Å². The summed E-state index contributed by atoms with van der Waals surface area (Å²) in [7, 11) is 2.00. The van der Waals surface area contributed by atoms with Crippen LogP contribution < -0.4 is 5.32 Å². The van der Waals surface area contributed by atoms with Crippen LogP contribution in [0.1, 0.15) is 11.3 Å². The summed E-state index contributed by atoms with van der Waals surface area (Å²) in [5.74, 6) is 0.529. The number of thiazole rings is 1. The predicted molar refractivity (Wildman–Crippen MR) is 89.3 cm³/mol. The lowest BCUT2D eigenvalue weighted by molar-refractivity contribution is 0.489. The van der Waals surface area contributed by atoms with Gasteiger partial charge < -0.3 is 5.32 Å². The second kappa shape index (κ2) is 6.60. The van der Waals surface area contributed by atoms with Gasteiger partial charge >= 0.3 is 0 Å². The topological polar surface area (TPSA) is 29.3 Å². The Morgan fingerprint density at radius 3 is 2.81 bits per heavy atom. The Morgan fingerprint density at radius 2 is 2.10 bits per heavy atom. The van der Waals surface area contributed by atoms with E-state index in [9.17, 15) is 0 Å². The van der Waals surface area contributed by atoms with Gasteiger partial charge in [0.25, 0.3) is 0 Å². The van der Waals surface area contributed by atoms with Gasteiger partial charge in [-0.15, -0.1) is 11.3 Å². The molecule has 2 heterocycles. The maximum Gasteiger partial charge on any atom is 0.193 e. The number of imidazole rings is 1. The van der Waals surface area contributed by atoms with Gasteiger partial charge in [-0.25, -0.2) is 4.98 Å². The minimum absolute atomic E-state index is 0.529. The van der Waals surface area contributed by atoms with Crippen molar-refractivity contribution in [2.75, 3.05) is 13.6 Å². The Morgan fingerprint density at radius 1 is 1.29 bits per heavy atom. The fourth-order valence-electron chi connectivity index (χ4n) is 2.63. The third-order valence-corrected chi connectivity index (χ3v) is 4.59. The van der Waals surface area contributed by atoms with E-state index in [-0.39, 0.29) is 0 Å². The molecule has 0 aliphatic heterocycles. The maximum absolute atomic E-state index is 5.95. The van der Waals surface area contributed by atoms with Crippen LogP contribution in [0, 0.1) is 5.92 Å². The number of benzene rings is 1. The summed E-state index contributed by atoms with van der Waals surface area (Å²) in [6, 6.07) is 8.13. The summed E-state index contributed by atoms with van der Waals surface area (Å²) < 4.78 is 2.10. The molecular formula is C16H18ClN3S. The minimum atomic E-state index is 0.529. The monoisotopic (exact) mass is 319 g/mol. The molecule has 5 heteroatoms. The van der Waals surface area contributed by atoms with Gasteiger partial charge in [-0.3, -0.25) is 4.40 Å². The van der Waals surface area contributed by atoms with Crippen LogP contribution in [-0.2, 0) is 12.8 Å². The van der Waals surface area contributed by atoms with Gasteiger partial charge in [0.2, 0.25) is 0 Å². The quantitative estimate of drug-likeness (QED) is 0.751. The molecule has 0 saturated carbocycles. The van der Waals surface area contributed by atoms with Crippen molar-refractivity contribution in [2.24, 2.45) is 5.92 Å². The highest BCUT2D eigenvalue weighted by Crippen LogP contribution is 2.18. The smallest absolute Gasteiger partial charge is 0.193 e. The average molecular weight is 320 g/mol. The van der Waals surface area contributed by atoms with Crippen LogP contribution in [-0.4, -0.2) is 23.0 Å². The van der Waals surface area contributed by atoms with Crippen molar-refractivity contribution in [1.82, 2.24) is 14.7 Å². The fourth-order valence-corrected chi connectivity index (χ4v) is 3.47. The molecular weight excluding hydrogens is 302 g/mol. The van der Waals surface area contributed by atoms with Crippen molar-refractivity contribution >= 4 is 27.9 Å². The minimum Gasteiger partial charge on any atom is -0.319 e. The molecule has 0 bridgehead atoms. The molecule has 3 nitrogen and oxygen atoms in total. The molecule has 2 aromatic heterocycles. The lowest BCUT2D eigenvalue weighted by atomic mass is 9.95. The highest BCUT2D eigenvalue weighted by atomic mass is 35.5. The van der Waals surface area contributed by atoms with Crippen molar-refractivity contribution in [2.45, 2.75) is 12.8 Å². The Kier molecular flexibility index (Phi) is 4.58. The second-order valence-corrected chi connectivity index (χ2v) is 6.59. The van der Waals surface area contributed by atoms with Crippen LogP contribution in [0.25, 0.3) is 4.96 Å². The molecule has 0 aliphatic carbocycles. The van der Waals surface area contributed by atoms with Crippen LogP contribution in [0.4, 0.5) is 0 Å². The predicted octanol–water partition coefficient (Wildman–Crippen LogP) is 3.67. The second-order valence-electron chi connectivity index (χ2n) is 5.28. The Hall–Kier alpha value is -1.36. The van der Waals surface area contributed by atoms with Crippen molar-refractivity contribution in [3.8, 4) is 0 Å². The van der Waals surface area contributed by atoms with E-state index in [0.29, 0.717) is 5.92 Å².